The van der Waals surface area contributed by atoms with Crippen LogP contribution in [-0.4, -0.2) is 5.11 Å². The highest BCUT2D eigenvalue weighted by atomic mass is 16.3. The van der Waals surface area contributed by atoms with Gasteiger partial charge in [-0.1, -0.05) is 82.3 Å². The van der Waals surface area contributed by atoms with E-state index in [1.54, 1.807) is 0 Å². The standard InChI is InChI=1S/C24H25NO/c1-14(2)17-10-7-11-18(15(3)4)22(17)25-23-19-12-5-8-16-9-6-13-20(21(16)19)24(23)26/h5-15,25-26H,1-4H3. The zero-order valence-electron chi connectivity index (χ0n) is 15.8. The molecule has 0 radical (unpaired) electrons. The van der Waals surface area contributed by atoms with Gasteiger partial charge in [0.15, 0.2) is 0 Å². The van der Waals surface area contributed by atoms with E-state index in [1.807, 2.05) is 12.1 Å². The van der Waals surface area contributed by atoms with Gasteiger partial charge in [-0.25, -0.2) is 0 Å². The summed E-state index contributed by atoms with van der Waals surface area (Å²) in [5.74, 6) is 1.14. The third-order valence-corrected chi connectivity index (χ3v) is 5.29. The van der Waals surface area contributed by atoms with E-state index < -0.39 is 0 Å². The summed E-state index contributed by atoms with van der Waals surface area (Å²) in [6.45, 7) is 8.85. The lowest BCUT2D eigenvalue weighted by atomic mass is 9.92. The Morgan fingerprint density at radius 1 is 0.731 bits per heavy atom. The summed E-state index contributed by atoms with van der Waals surface area (Å²) in [4.78, 5) is 0. The molecule has 0 aliphatic heterocycles. The number of benzene rings is 3. The molecule has 0 saturated carbocycles. The van der Waals surface area contributed by atoms with Crippen LogP contribution in [0.4, 0.5) is 5.69 Å². The second-order valence-electron chi connectivity index (χ2n) is 7.68. The van der Waals surface area contributed by atoms with Crippen LogP contribution in [0.2, 0.25) is 0 Å². The topological polar surface area (TPSA) is 32.3 Å². The van der Waals surface area contributed by atoms with Crippen molar-refractivity contribution in [2.45, 2.75) is 39.5 Å². The van der Waals surface area contributed by atoms with E-state index in [0.717, 1.165) is 33.3 Å². The molecule has 1 aliphatic carbocycles. The molecule has 3 aromatic carbocycles. The number of rotatable bonds is 4. The lowest BCUT2D eigenvalue weighted by Crippen LogP contribution is -2.07. The quantitative estimate of drug-likeness (QED) is 0.540. The van der Waals surface area contributed by atoms with E-state index in [1.165, 1.54) is 11.1 Å². The third kappa shape index (κ3) is 2.48. The van der Waals surface area contributed by atoms with Gasteiger partial charge < -0.3 is 10.4 Å². The Kier molecular flexibility index (Phi) is 3.99. The number of para-hydroxylation sites is 1. The minimum absolute atomic E-state index is 0.338. The van der Waals surface area contributed by atoms with Gasteiger partial charge in [-0.2, -0.15) is 0 Å². The summed E-state index contributed by atoms with van der Waals surface area (Å²) in [7, 11) is 0. The van der Waals surface area contributed by atoms with Crippen LogP contribution >= 0.6 is 0 Å². The van der Waals surface area contributed by atoms with Gasteiger partial charge in [-0.05, 0) is 28.3 Å². The van der Waals surface area contributed by atoms with Crippen LogP contribution in [0.3, 0.4) is 0 Å². The largest absolute Gasteiger partial charge is 0.505 e. The van der Waals surface area contributed by atoms with Crippen molar-refractivity contribution in [3.8, 4) is 0 Å². The molecular weight excluding hydrogens is 318 g/mol. The summed E-state index contributed by atoms with van der Waals surface area (Å²) >= 11 is 0. The Morgan fingerprint density at radius 3 is 1.85 bits per heavy atom. The summed E-state index contributed by atoms with van der Waals surface area (Å²) in [6.07, 6.45) is 0. The van der Waals surface area contributed by atoms with Crippen molar-refractivity contribution < 1.29 is 5.11 Å². The van der Waals surface area contributed by atoms with E-state index in [4.69, 9.17) is 0 Å². The molecule has 0 saturated heterocycles. The highest BCUT2D eigenvalue weighted by molar-refractivity contribution is 6.14. The molecule has 0 fully saturated rings. The molecule has 26 heavy (non-hydrogen) atoms. The highest BCUT2D eigenvalue weighted by Gasteiger charge is 2.25. The fourth-order valence-corrected chi connectivity index (χ4v) is 3.96. The summed E-state index contributed by atoms with van der Waals surface area (Å²) in [5, 5.41) is 16.9. The number of aliphatic hydroxyl groups is 1. The Hall–Kier alpha value is -2.74. The van der Waals surface area contributed by atoms with E-state index in [2.05, 4.69) is 75.5 Å². The number of hydrogen-bond donors (Lipinski definition) is 2. The molecule has 0 aromatic heterocycles. The lowest BCUT2D eigenvalue weighted by Gasteiger charge is -2.22. The monoisotopic (exact) mass is 343 g/mol. The first-order valence-corrected chi connectivity index (χ1v) is 9.34. The highest BCUT2D eigenvalue weighted by Crippen LogP contribution is 2.43. The van der Waals surface area contributed by atoms with Crippen LogP contribution in [0.25, 0.3) is 22.2 Å². The minimum atomic E-state index is 0.338. The van der Waals surface area contributed by atoms with E-state index in [9.17, 15) is 5.11 Å². The predicted octanol–water partition coefficient (Wildman–Crippen LogP) is 6.90. The van der Waals surface area contributed by atoms with Crippen LogP contribution in [0.1, 0.15) is 61.8 Å². The first-order valence-electron chi connectivity index (χ1n) is 9.34. The maximum Gasteiger partial charge on any atom is 0.147 e. The summed E-state index contributed by atoms with van der Waals surface area (Å²) < 4.78 is 0. The molecule has 0 bridgehead atoms. The van der Waals surface area contributed by atoms with Gasteiger partial charge >= 0.3 is 0 Å². The van der Waals surface area contributed by atoms with E-state index in [-0.39, 0.29) is 0 Å². The zero-order chi connectivity index (χ0) is 18.4. The maximum atomic E-state index is 11.0. The molecule has 2 nitrogen and oxygen atoms in total. The van der Waals surface area contributed by atoms with E-state index >= 15 is 0 Å². The Labute approximate surface area is 155 Å². The average Bonchev–Trinajstić information content (AvgIpc) is 2.90. The second kappa shape index (κ2) is 6.21. The van der Waals surface area contributed by atoms with Crippen molar-refractivity contribution in [2.75, 3.05) is 5.32 Å². The molecular formula is C24H25NO. The van der Waals surface area contributed by atoms with Gasteiger partial charge in [-0.15, -0.1) is 0 Å². The summed E-state index contributed by atoms with van der Waals surface area (Å²) in [5.41, 5.74) is 6.48. The van der Waals surface area contributed by atoms with Crippen LogP contribution in [0.15, 0.2) is 54.6 Å². The van der Waals surface area contributed by atoms with Crippen molar-refractivity contribution in [1.29, 1.82) is 0 Å². The Morgan fingerprint density at radius 2 is 1.27 bits per heavy atom. The van der Waals surface area contributed by atoms with Gasteiger partial charge in [0.25, 0.3) is 0 Å². The van der Waals surface area contributed by atoms with Crippen molar-refractivity contribution >= 4 is 27.9 Å². The maximum absolute atomic E-state index is 11.0. The smallest absolute Gasteiger partial charge is 0.147 e. The average molecular weight is 343 g/mol. The van der Waals surface area contributed by atoms with Crippen molar-refractivity contribution in [1.82, 2.24) is 0 Å². The number of aliphatic hydroxyl groups excluding tert-OH is 1. The molecule has 0 atom stereocenters. The third-order valence-electron chi connectivity index (χ3n) is 5.29. The molecule has 3 aromatic rings. The van der Waals surface area contributed by atoms with Gasteiger partial charge in [0.2, 0.25) is 0 Å². The molecule has 2 heteroatoms. The van der Waals surface area contributed by atoms with Crippen LogP contribution in [0, 0.1) is 0 Å². The molecule has 4 rings (SSSR count). The zero-order valence-corrected chi connectivity index (χ0v) is 15.8. The molecule has 0 spiro atoms. The lowest BCUT2D eigenvalue weighted by molar-refractivity contribution is 0.515. The van der Waals surface area contributed by atoms with Gasteiger partial charge in [-0.3, -0.25) is 0 Å². The Balaban J connectivity index is 1.90. The fraction of sp³-hybridized carbons (Fsp3) is 0.250. The molecule has 0 amide bonds. The van der Waals surface area contributed by atoms with Crippen LogP contribution in [0.5, 0.6) is 0 Å². The van der Waals surface area contributed by atoms with E-state index in [0.29, 0.717) is 17.6 Å². The minimum Gasteiger partial charge on any atom is -0.505 e. The normalized spacial score (nSPS) is 13.3. The molecule has 132 valence electrons. The van der Waals surface area contributed by atoms with Crippen LogP contribution < -0.4 is 5.32 Å². The van der Waals surface area contributed by atoms with Gasteiger partial charge in [0.05, 0.1) is 5.70 Å². The SMILES string of the molecule is CC(C)c1cccc(C(C)C)c1NC1=C(O)c2cccc3cccc1c23. The second-order valence-corrected chi connectivity index (χ2v) is 7.68. The molecule has 1 aliphatic rings. The van der Waals surface area contributed by atoms with Crippen molar-refractivity contribution in [2.24, 2.45) is 0 Å². The van der Waals surface area contributed by atoms with Crippen molar-refractivity contribution in [3.05, 3.63) is 76.9 Å². The fourth-order valence-electron chi connectivity index (χ4n) is 3.96. The van der Waals surface area contributed by atoms with Gasteiger partial charge in [0, 0.05) is 22.2 Å². The number of anilines is 1. The van der Waals surface area contributed by atoms with Crippen molar-refractivity contribution in [3.63, 3.8) is 0 Å². The number of hydrogen-bond acceptors (Lipinski definition) is 2. The Bertz CT molecular complexity index is 996. The molecule has 0 unspecified atom stereocenters. The first kappa shape index (κ1) is 16.7. The first-order chi connectivity index (χ1) is 12.5. The van der Waals surface area contributed by atoms with Gasteiger partial charge in [0.1, 0.15) is 5.76 Å². The number of nitrogens with one attached hydrogen (secondary N) is 1. The predicted molar refractivity (Wildman–Crippen MR) is 112 cm³/mol. The molecule has 0 heterocycles. The summed E-state index contributed by atoms with van der Waals surface area (Å²) in [6, 6.07) is 18.8. The van der Waals surface area contributed by atoms with Crippen LogP contribution in [-0.2, 0) is 0 Å². The molecule has 2 N–H and O–H groups in total.